The third kappa shape index (κ3) is 2.26. The molecule has 1 fully saturated rings. The zero-order chi connectivity index (χ0) is 11.5. The number of nitrogens with two attached hydrogens (primary N) is 1. The molecule has 1 saturated carbocycles. The molecule has 16 heavy (non-hydrogen) atoms. The Balaban J connectivity index is 2.13. The summed E-state index contributed by atoms with van der Waals surface area (Å²) in [5.74, 6) is 3.64. The molecule has 1 aliphatic carbocycles. The van der Waals surface area contributed by atoms with Crippen LogP contribution in [0.1, 0.15) is 50.2 Å². The molecule has 0 amide bonds. The lowest BCUT2D eigenvalue weighted by Gasteiger charge is -2.25. The summed E-state index contributed by atoms with van der Waals surface area (Å²) in [4.78, 5) is 0. The van der Waals surface area contributed by atoms with E-state index in [2.05, 4.69) is 21.7 Å². The van der Waals surface area contributed by atoms with Crippen LogP contribution in [0, 0.1) is 12.8 Å². The van der Waals surface area contributed by atoms with E-state index in [4.69, 9.17) is 5.73 Å². The van der Waals surface area contributed by atoms with Crippen molar-refractivity contribution in [3.05, 3.63) is 11.6 Å². The van der Waals surface area contributed by atoms with Crippen molar-refractivity contribution in [2.45, 2.75) is 52.0 Å². The Hall–Kier alpha value is -0.900. The number of hydrogen-bond donors (Lipinski definition) is 1. The Labute approximate surface area is 97.2 Å². The Morgan fingerprint density at radius 2 is 1.94 bits per heavy atom. The van der Waals surface area contributed by atoms with Crippen LogP contribution < -0.4 is 5.73 Å². The molecular formula is C12H22N4. The van der Waals surface area contributed by atoms with E-state index in [-0.39, 0.29) is 0 Å². The van der Waals surface area contributed by atoms with Crippen LogP contribution in [-0.4, -0.2) is 21.3 Å². The first-order valence-electron chi connectivity index (χ1n) is 6.32. The second kappa shape index (κ2) is 4.95. The van der Waals surface area contributed by atoms with Gasteiger partial charge in [-0.05, 0) is 25.7 Å². The summed E-state index contributed by atoms with van der Waals surface area (Å²) >= 11 is 0. The standard InChI is InChI=1S/C12H22N4/c1-9-3-5-11(6-4-9)12-15-14-10(2)16(12)8-7-13/h9,11H,3-8,13H2,1-2H3. The fourth-order valence-electron chi connectivity index (χ4n) is 2.62. The third-order valence-electron chi connectivity index (χ3n) is 3.70. The maximum atomic E-state index is 5.63. The lowest BCUT2D eigenvalue weighted by Crippen LogP contribution is -2.19. The molecule has 0 aromatic carbocycles. The van der Waals surface area contributed by atoms with Gasteiger partial charge >= 0.3 is 0 Å². The van der Waals surface area contributed by atoms with E-state index in [1.54, 1.807) is 0 Å². The van der Waals surface area contributed by atoms with Crippen molar-refractivity contribution in [3.8, 4) is 0 Å². The maximum absolute atomic E-state index is 5.63. The van der Waals surface area contributed by atoms with E-state index in [0.29, 0.717) is 12.5 Å². The Morgan fingerprint density at radius 3 is 2.56 bits per heavy atom. The molecule has 1 aromatic heterocycles. The Bertz CT molecular complexity index is 337. The minimum absolute atomic E-state index is 0.601. The molecule has 2 rings (SSSR count). The van der Waals surface area contributed by atoms with E-state index in [1.807, 2.05) is 6.92 Å². The quantitative estimate of drug-likeness (QED) is 0.849. The minimum atomic E-state index is 0.601. The van der Waals surface area contributed by atoms with Gasteiger partial charge in [0.1, 0.15) is 11.6 Å². The van der Waals surface area contributed by atoms with Crippen molar-refractivity contribution >= 4 is 0 Å². The van der Waals surface area contributed by atoms with Gasteiger partial charge in [0, 0.05) is 19.0 Å². The fourth-order valence-corrected chi connectivity index (χ4v) is 2.62. The average molecular weight is 222 g/mol. The lowest BCUT2D eigenvalue weighted by atomic mass is 9.82. The molecule has 0 atom stereocenters. The van der Waals surface area contributed by atoms with Gasteiger partial charge in [0.15, 0.2) is 0 Å². The van der Waals surface area contributed by atoms with E-state index in [1.165, 1.54) is 25.7 Å². The Morgan fingerprint density at radius 1 is 1.25 bits per heavy atom. The highest BCUT2D eigenvalue weighted by atomic mass is 15.3. The maximum Gasteiger partial charge on any atom is 0.136 e. The first kappa shape index (κ1) is 11.6. The van der Waals surface area contributed by atoms with Crippen molar-refractivity contribution in [2.24, 2.45) is 11.7 Å². The number of aromatic nitrogens is 3. The monoisotopic (exact) mass is 222 g/mol. The summed E-state index contributed by atoms with van der Waals surface area (Å²) in [6.45, 7) is 5.86. The summed E-state index contributed by atoms with van der Waals surface area (Å²) in [5, 5.41) is 8.53. The molecule has 0 bridgehead atoms. The summed E-state index contributed by atoms with van der Waals surface area (Å²) in [7, 11) is 0. The van der Waals surface area contributed by atoms with Gasteiger partial charge in [0.25, 0.3) is 0 Å². The molecule has 0 unspecified atom stereocenters. The SMILES string of the molecule is Cc1nnc(C2CCC(C)CC2)n1CCN. The van der Waals surface area contributed by atoms with E-state index < -0.39 is 0 Å². The van der Waals surface area contributed by atoms with Gasteiger partial charge in [-0.3, -0.25) is 0 Å². The summed E-state index contributed by atoms with van der Waals surface area (Å²) in [5.41, 5.74) is 5.63. The van der Waals surface area contributed by atoms with Crippen LogP contribution in [0.4, 0.5) is 0 Å². The van der Waals surface area contributed by atoms with Crippen LogP contribution in [0.3, 0.4) is 0 Å². The number of aryl methyl sites for hydroxylation is 1. The summed E-state index contributed by atoms with van der Waals surface area (Å²) in [6.07, 6.45) is 5.14. The normalized spacial score (nSPS) is 25.9. The van der Waals surface area contributed by atoms with Gasteiger partial charge in [-0.2, -0.15) is 0 Å². The summed E-state index contributed by atoms with van der Waals surface area (Å²) < 4.78 is 2.20. The van der Waals surface area contributed by atoms with Gasteiger partial charge in [0.2, 0.25) is 0 Å². The second-order valence-electron chi connectivity index (χ2n) is 5.00. The molecule has 0 spiro atoms. The highest BCUT2D eigenvalue weighted by Gasteiger charge is 2.24. The van der Waals surface area contributed by atoms with Crippen LogP contribution in [-0.2, 0) is 6.54 Å². The molecular weight excluding hydrogens is 200 g/mol. The average Bonchev–Trinajstić information content (AvgIpc) is 2.63. The van der Waals surface area contributed by atoms with Crippen LogP contribution in [0.2, 0.25) is 0 Å². The van der Waals surface area contributed by atoms with Gasteiger partial charge in [-0.1, -0.05) is 19.8 Å². The number of nitrogens with zero attached hydrogens (tertiary/aromatic N) is 3. The fraction of sp³-hybridized carbons (Fsp3) is 0.833. The second-order valence-corrected chi connectivity index (χ2v) is 5.00. The zero-order valence-electron chi connectivity index (χ0n) is 10.3. The van der Waals surface area contributed by atoms with Crippen LogP contribution >= 0.6 is 0 Å². The van der Waals surface area contributed by atoms with Crippen LogP contribution in [0.25, 0.3) is 0 Å². The third-order valence-corrected chi connectivity index (χ3v) is 3.70. The molecule has 1 aromatic rings. The number of rotatable bonds is 3. The highest BCUT2D eigenvalue weighted by molar-refractivity contribution is 5.02. The number of hydrogen-bond acceptors (Lipinski definition) is 3. The van der Waals surface area contributed by atoms with Crippen molar-refractivity contribution in [2.75, 3.05) is 6.54 Å². The molecule has 0 aliphatic heterocycles. The molecule has 1 aliphatic rings. The van der Waals surface area contributed by atoms with Crippen LogP contribution in [0.5, 0.6) is 0 Å². The van der Waals surface area contributed by atoms with E-state index in [9.17, 15) is 0 Å². The molecule has 0 saturated heterocycles. The predicted molar refractivity (Wildman–Crippen MR) is 64.2 cm³/mol. The Kier molecular flexibility index (Phi) is 3.59. The van der Waals surface area contributed by atoms with Crippen molar-refractivity contribution in [3.63, 3.8) is 0 Å². The highest BCUT2D eigenvalue weighted by Crippen LogP contribution is 2.34. The zero-order valence-corrected chi connectivity index (χ0v) is 10.3. The first-order chi connectivity index (χ1) is 7.72. The van der Waals surface area contributed by atoms with Crippen molar-refractivity contribution in [1.29, 1.82) is 0 Å². The topological polar surface area (TPSA) is 56.7 Å². The molecule has 90 valence electrons. The first-order valence-corrected chi connectivity index (χ1v) is 6.32. The largest absolute Gasteiger partial charge is 0.329 e. The smallest absolute Gasteiger partial charge is 0.136 e. The van der Waals surface area contributed by atoms with Crippen molar-refractivity contribution < 1.29 is 0 Å². The molecule has 0 radical (unpaired) electrons. The molecule has 4 nitrogen and oxygen atoms in total. The van der Waals surface area contributed by atoms with Gasteiger partial charge < -0.3 is 10.3 Å². The molecule has 2 N–H and O–H groups in total. The predicted octanol–water partition coefficient (Wildman–Crippen LogP) is 1.84. The van der Waals surface area contributed by atoms with Crippen LogP contribution in [0.15, 0.2) is 0 Å². The van der Waals surface area contributed by atoms with Gasteiger partial charge in [-0.25, -0.2) is 0 Å². The van der Waals surface area contributed by atoms with E-state index in [0.717, 1.165) is 24.1 Å². The van der Waals surface area contributed by atoms with Gasteiger partial charge in [0.05, 0.1) is 0 Å². The van der Waals surface area contributed by atoms with E-state index >= 15 is 0 Å². The lowest BCUT2D eigenvalue weighted by molar-refractivity contribution is 0.333. The molecule has 4 heteroatoms. The molecule has 1 heterocycles. The minimum Gasteiger partial charge on any atom is -0.329 e. The summed E-state index contributed by atoms with van der Waals surface area (Å²) in [6, 6.07) is 0. The van der Waals surface area contributed by atoms with Gasteiger partial charge in [-0.15, -0.1) is 10.2 Å². The van der Waals surface area contributed by atoms with Crippen molar-refractivity contribution in [1.82, 2.24) is 14.8 Å².